The van der Waals surface area contributed by atoms with Crippen LogP contribution in [0.3, 0.4) is 0 Å². The molecule has 140 valence electrons. The van der Waals surface area contributed by atoms with Crippen LogP contribution in [-0.2, 0) is 4.74 Å². The second-order valence-electron chi connectivity index (χ2n) is 6.06. The highest BCUT2D eigenvalue weighted by Gasteiger charge is 2.11. The van der Waals surface area contributed by atoms with Crippen LogP contribution in [-0.4, -0.2) is 77.5 Å². The van der Waals surface area contributed by atoms with Crippen LogP contribution in [0.25, 0.3) is 11.4 Å². The summed E-state index contributed by atoms with van der Waals surface area (Å²) in [5.41, 5.74) is 1.57. The van der Waals surface area contributed by atoms with Crippen LogP contribution in [0.15, 0.2) is 30.5 Å². The summed E-state index contributed by atoms with van der Waals surface area (Å²) in [4.78, 5) is 15.8. The summed E-state index contributed by atoms with van der Waals surface area (Å²) in [7, 11) is 0. The number of aliphatic hydroxyl groups excluding tert-OH is 1. The number of nitrogens with one attached hydrogen (secondary N) is 2. The molecule has 0 spiro atoms. The molecule has 1 fully saturated rings. The third-order valence-electron chi connectivity index (χ3n) is 4.11. The third-order valence-corrected chi connectivity index (χ3v) is 4.11. The molecule has 0 radical (unpaired) electrons. The molecule has 0 unspecified atom stereocenters. The first kappa shape index (κ1) is 18.5. The lowest BCUT2D eigenvalue weighted by Gasteiger charge is -2.26. The SMILES string of the molecule is OCCCNc1nc(NCCN2CCOCC2)cc(-c2ccccn2)n1. The maximum Gasteiger partial charge on any atom is 0.225 e. The second-order valence-corrected chi connectivity index (χ2v) is 6.06. The zero-order chi connectivity index (χ0) is 18.0. The standard InChI is InChI=1S/C18H26N6O2/c25-11-3-6-21-18-22-16(15-4-1-2-5-19-15)14-17(23-18)20-7-8-24-9-12-26-13-10-24/h1-2,4-5,14,25H,3,6-13H2,(H2,20,21,22,23). The lowest BCUT2D eigenvalue weighted by atomic mass is 10.2. The molecule has 0 aliphatic carbocycles. The van der Waals surface area contributed by atoms with Crippen molar-refractivity contribution in [2.45, 2.75) is 6.42 Å². The van der Waals surface area contributed by atoms with Crippen molar-refractivity contribution < 1.29 is 9.84 Å². The maximum atomic E-state index is 8.95. The summed E-state index contributed by atoms with van der Waals surface area (Å²) < 4.78 is 5.38. The van der Waals surface area contributed by atoms with Crippen molar-refractivity contribution in [3.8, 4) is 11.4 Å². The fourth-order valence-corrected chi connectivity index (χ4v) is 2.71. The number of pyridine rings is 1. The van der Waals surface area contributed by atoms with Crippen molar-refractivity contribution >= 4 is 11.8 Å². The predicted octanol–water partition coefficient (Wildman–Crippen LogP) is 1.08. The van der Waals surface area contributed by atoms with Gasteiger partial charge in [-0.2, -0.15) is 4.98 Å². The van der Waals surface area contributed by atoms with E-state index in [4.69, 9.17) is 9.84 Å². The number of anilines is 2. The third kappa shape index (κ3) is 5.62. The Morgan fingerprint density at radius 3 is 2.73 bits per heavy atom. The van der Waals surface area contributed by atoms with Crippen molar-refractivity contribution in [3.63, 3.8) is 0 Å². The molecular weight excluding hydrogens is 332 g/mol. The molecule has 1 aliphatic heterocycles. The molecule has 3 N–H and O–H groups in total. The van der Waals surface area contributed by atoms with E-state index in [-0.39, 0.29) is 6.61 Å². The van der Waals surface area contributed by atoms with Gasteiger partial charge in [0.15, 0.2) is 0 Å². The maximum absolute atomic E-state index is 8.95. The van der Waals surface area contributed by atoms with Crippen LogP contribution in [0.1, 0.15) is 6.42 Å². The van der Waals surface area contributed by atoms with E-state index in [1.165, 1.54) is 0 Å². The molecule has 1 saturated heterocycles. The number of hydrogen-bond donors (Lipinski definition) is 3. The summed E-state index contributed by atoms with van der Waals surface area (Å²) >= 11 is 0. The molecule has 0 bridgehead atoms. The fraction of sp³-hybridized carbons (Fsp3) is 0.500. The Kier molecular flexibility index (Phi) is 7.12. The molecule has 0 aromatic carbocycles. The van der Waals surface area contributed by atoms with Crippen LogP contribution >= 0.6 is 0 Å². The number of nitrogens with zero attached hydrogens (tertiary/aromatic N) is 4. The average Bonchev–Trinajstić information content (AvgIpc) is 2.70. The Morgan fingerprint density at radius 2 is 1.96 bits per heavy atom. The number of aliphatic hydroxyl groups is 1. The zero-order valence-electron chi connectivity index (χ0n) is 14.9. The summed E-state index contributed by atoms with van der Waals surface area (Å²) in [5.74, 6) is 1.30. The normalized spacial score (nSPS) is 15.0. The first-order chi connectivity index (χ1) is 12.8. The fourth-order valence-electron chi connectivity index (χ4n) is 2.71. The van der Waals surface area contributed by atoms with Crippen LogP contribution < -0.4 is 10.6 Å². The van der Waals surface area contributed by atoms with Gasteiger partial charge in [0.2, 0.25) is 5.95 Å². The molecule has 0 saturated carbocycles. The molecule has 0 atom stereocenters. The van der Waals surface area contributed by atoms with Crippen molar-refractivity contribution in [1.29, 1.82) is 0 Å². The molecule has 3 heterocycles. The van der Waals surface area contributed by atoms with E-state index >= 15 is 0 Å². The van der Waals surface area contributed by atoms with Gasteiger partial charge in [0, 0.05) is 51.6 Å². The number of morpholine rings is 1. The van der Waals surface area contributed by atoms with Gasteiger partial charge in [0.1, 0.15) is 5.82 Å². The van der Waals surface area contributed by atoms with Crippen LogP contribution in [0.5, 0.6) is 0 Å². The number of rotatable bonds is 9. The molecule has 26 heavy (non-hydrogen) atoms. The van der Waals surface area contributed by atoms with Crippen molar-refractivity contribution in [3.05, 3.63) is 30.5 Å². The quantitative estimate of drug-likeness (QED) is 0.573. The Balaban J connectivity index is 1.67. The van der Waals surface area contributed by atoms with Crippen molar-refractivity contribution in [2.75, 3.05) is 63.2 Å². The highest BCUT2D eigenvalue weighted by Crippen LogP contribution is 2.19. The molecule has 8 nitrogen and oxygen atoms in total. The van der Waals surface area contributed by atoms with Gasteiger partial charge in [0.05, 0.1) is 24.6 Å². The molecule has 2 aromatic rings. The van der Waals surface area contributed by atoms with E-state index in [2.05, 4.69) is 30.5 Å². The summed E-state index contributed by atoms with van der Waals surface area (Å²) in [6.45, 7) is 6.05. The minimum absolute atomic E-state index is 0.136. The van der Waals surface area contributed by atoms with Gasteiger partial charge in [-0.15, -0.1) is 0 Å². The van der Waals surface area contributed by atoms with Crippen LogP contribution in [0.4, 0.5) is 11.8 Å². The Bertz CT molecular complexity index is 664. The predicted molar refractivity (Wildman–Crippen MR) is 101 cm³/mol. The van der Waals surface area contributed by atoms with E-state index < -0.39 is 0 Å². The largest absolute Gasteiger partial charge is 0.396 e. The summed E-state index contributed by atoms with van der Waals surface area (Å²) in [6.07, 6.45) is 2.40. The van der Waals surface area contributed by atoms with E-state index in [1.807, 2.05) is 24.3 Å². The van der Waals surface area contributed by atoms with Gasteiger partial charge >= 0.3 is 0 Å². The van der Waals surface area contributed by atoms with E-state index in [0.717, 1.165) is 56.6 Å². The van der Waals surface area contributed by atoms with Crippen molar-refractivity contribution in [1.82, 2.24) is 19.9 Å². The lowest BCUT2D eigenvalue weighted by molar-refractivity contribution is 0.0398. The summed E-state index contributed by atoms with van der Waals surface area (Å²) in [5, 5.41) is 15.5. The molecule has 8 heteroatoms. The van der Waals surface area contributed by atoms with Crippen molar-refractivity contribution in [2.24, 2.45) is 0 Å². The Hall–Kier alpha value is -2.29. The molecule has 0 amide bonds. The molecule has 1 aliphatic rings. The van der Waals surface area contributed by atoms with E-state index in [9.17, 15) is 0 Å². The Labute approximate surface area is 153 Å². The van der Waals surface area contributed by atoms with E-state index in [0.29, 0.717) is 18.9 Å². The van der Waals surface area contributed by atoms with E-state index in [1.54, 1.807) is 6.20 Å². The van der Waals surface area contributed by atoms with Gasteiger partial charge < -0.3 is 20.5 Å². The van der Waals surface area contributed by atoms with Crippen LogP contribution in [0.2, 0.25) is 0 Å². The smallest absolute Gasteiger partial charge is 0.225 e. The summed E-state index contributed by atoms with van der Waals surface area (Å²) in [6, 6.07) is 7.66. The number of hydrogen-bond acceptors (Lipinski definition) is 8. The van der Waals surface area contributed by atoms with Gasteiger partial charge in [-0.1, -0.05) is 6.07 Å². The minimum atomic E-state index is 0.136. The van der Waals surface area contributed by atoms with Gasteiger partial charge in [-0.25, -0.2) is 4.98 Å². The average molecular weight is 358 g/mol. The number of ether oxygens (including phenoxy) is 1. The highest BCUT2D eigenvalue weighted by atomic mass is 16.5. The van der Waals surface area contributed by atoms with Gasteiger partial charge in [-0.05, 0) is 18.6 Å². The van der Waals surface area contributed by atoms with Gasteiger partial charge in [0.25, 0.3) is 0 Å². The first-order valence-electron chi connectivity index (χ1n) is 9.04. The topological polar surface area (TPSA) is 95.4 Å². The number of aromatic nitrogens is 3. The highest BCUT2D eigenvalue weighted by molar-refractivity contribution is 5.60. The minimum Gasteiger partial charge on any atom is -0.396 e. The zero-order valence-corrected chi connectivity index (χ0v) is 14.9. The Morgan fingerprint density at radius 1 is 1.08 bits per heavy atom. The lowest BCUT2D eigenvalue weighted by Crippen LogP contribution is -2.39. The van der Waals surface area contributed by atoms with Gasteiger partial charge in [-0.3, -0.25) is 9.88 Å². The second kappa shape index (κ2) is 10.0. The monoisotopic (exact) mass is 358 g/mol. The first-order valence-corrected chi connectivity index (χ1v) is 9.04. The molecule has 2 aromatic heterocycles. The van der Waals surface area contributed by atoms with Crippen LogP contribution in [0, 0.1) is 0 Å². The molecule has 3 rings (SSSR count). The molecular formula is C18H26N6O2.